The maximum Gasteiger partial charge on any atom is 0.241 e. The number of hydrogen-bond donors (Lipinski definition) is 2. The molecule has 2 rings (SSSR count). The van der Waals surface area contributed by atoms with E-state index in [-0.39, 0.29) is 11.8 Å². The van der Waals surface area contributed by atoms with E-state index in [9.17, 15) is 4.79 Å². The molecule has 1 aromatic heterocycles. The van der Waals surface area contributed by atoms with Gasteiger partial charge in [-0.25, -0.2) is 9.97 Å². The Morgan fingerprint density at radius 2 is 1.86 bits per heavy atom. The lowest BCUT2D eigenvalue weighted by Gasteiger charge is -2.15. The number of amides is 1. The standard InChI is InChI=1S/C16H20N4O/c1-10(2)14(17)16(21)20-13-6-4-12(5-7-13)15-18-9-8-11(3)19-15/h4-10,14H,17H2,1-3H3,(H,20,21)/t14-/m0/s1. The van der Waals surface area contributed by atoms with Gasteiger partial charge in [-0.05, 0) is 43.2 Å². The molecule has 110 valence electrons. The van der Waals surface area contributed by atoms with Crippen LogP contribution in [0.5, 0.6) is 0 Å². The van der Waals surface area contributed by atoms with Crippen molar-refractivity contribution in [1.29, 1.82) is 0 Å². The van der Waals surface area contributed by atoms with Crippen molar-refractivity contribution in [2.24, 2.45) is 11.7 Å². The number of nitrogens with one attached hydrogen (secondary N) is 1. The summed E-state index contributed by atoms with van der Waals surface area (Å²) in [5.74, 6) is 0.598. The highest BCUT2D eigenvalue weighted by atomic mass is 16.2. The summed E-state index contributed by atoms with van der Waals surface area (Å²) < 4.78 is 0. The van der Waals surface area contributed by atoms with Gasteiger partial charge in [-0.2, -0.15) is 0 Å². The van der Waals surface area contributed by atoms with E-state index in [4.69, 9.17) is 5.73 Å². The fourth-order valence-electron chi connectivity index (χ4n) is 1.82. The third-order valence-corrected chi connectivity index (χ3v) is 3.23. The SMILES string of the molecule is Cc1ccnc(-c2ccc(NC(=O)[C@@H](N)C(C)C)cc2)n1. The topological polar surface area (TPSA) is 80.9 Å². The largest absolute Gasteiger partial charge is 0.325 e. The number of aryl methyl sites for hydroxylation is 1. The second-order valence-corrected chi connectivity index (χ2v) is 5.36. The van der Waals surface area contributed by atoms with Gasteiger partial charge in [0.1, 0.15) is 0 Å². The number of carbonyl (C=O) groups excluding carboxylic acids is 1. The summed E-state index contributed by atoms with van der Waals surface area (Å²) in [4.78, 5) is 20.5. The summed E-state index contributed by atoms with van der Waals surface area (Å²) in [6, 6.07) is 8.75. The molecule has 5 heteroatoms. The summed E-state index contributed by atoms with van der Waals surface area (Å²) in [6.07, 6.45) is 1.73. The highest BCUT2D eigenvalue weighted by Crippen LogP contribution is 2.18. The Labute approximate surface area is 124 Å². The Bertz CT molecular complexity index is 622. The Kier molecular flexibility index (Phi) is 4.65. The first kappa shape index (κ1) is 15.1. The van der Waals surface area contributed by atoms with Crippen molar-refractivity contribution in [3.63, 3.8) is 0 Å². The monoisotopic (exact) mass is 284 g/mol. The predicted molar refractivity (Wildman–Crippen MR) is 83.6 cm³/mol. The van der Waals surface area contributed by atoms with Crippen LogP contribution in [-0.2, 0) is 4.79 Å². The third kappa shape index (κ3) is 3.86. The van der Waals surface area contributed by atoms with Crippen molar-refractivity contribution < 1.29 is 4.79 Å². The van der Waals surface area contributed by atoms with E-state index in [0.29, 0.717) is 11.5 Å². The first-order chi connectivity index (χ1) is 9.97. The van der Waals surface area contributed by atoms with Crippen molar-refractivity contribution >= 4 is 11.6 Å². The molecular formula is C16H20N4O. The van der Waals surface area contributed by atoms with Crippen LogP contribution in [0.2, 0.25) is 0 Å². The molecule has 3 N–H and O–H groups in total. The highest BCUT2D eigenvalue weighted by Gasteiger charge is 2.17. The number of aromatic nitrogens is 2. The number of nitrogens with zero attached hydrogens (tertiary/aromatic N) is 2. The zero-order valence-corrected chi connectivity index (χ0v) is 12.5. The Balaban J connectivity index is 2.11. The van der Waals surface area contributed by atoms with Crippen LogP contribution in [0.4, 0.5) is 5.69 Å². The molecule has 1 atom stereocenters. The molecule has 21 heavy (non-hydrogen) atoms. The van der Waals surface area contributed by atoms with E-state index < -0.39 is 6.04 Å². The van der Waals surface area contributed by atoms with Crippen molar-refractivity contribution in [1.82, 2.24) is 9.97 Å². The predicted octanol–water partition coefficient (Wildman–Crippen LogP) is 2.37. The molecule has 0 saturated carbocycles. The van der Waals surface area contributed by atoms with Gasteiger partial charge >= 0.3 is 0 Å². The summed E-state index contributed by atoms with van der Waals surface area (Å²) >= 11 is 0. The highest BCUT2D eigenvalue weighted by molar-refractivity contribution is 5.95. The normalized spacial score (nSPS) is 12.2. The van der Waals surface area contributed by atoms with E-state index >= 15 is 0 Å². The molecule has 0 saturated heterocycles. The second-order valence-electron chi connectivity index (χ2n) is 5.36. The minimum Gasteiger partial charge on any atom is -0.325 e. The quantitative estimate of drug-likeness (QED) is 0.903. The molecule has 1 amide bonds. The van der Waals surface area contributed by atoms with Crippen LogP contribution in [0.25, 0.3) is 11.4 Å². The smallest absolute Gasteiger partial charge is 0.241 e. The molecule has 0 spiro atoms. The van der Waals surface area contributed by atoms with Gasteiger partial charge in [0.05, 0.1) is 6.04 Å². The Morgan fingerprint density at radius 1 is 1.19 bits per heavy atom. The molecule has 0 fully saturated rings. The van der Waals surface area contributed by atoms with Crippen LogP contribution >= 0.6 is 0 Å². The fourth-order valence-corrected chi connectivity index (χ4v) is 1.82. The second kappa shape index (κ2) is 6.45. The van der Waals surface area contributed by atoms with Gasteiger partial charge in [-0.15, -0.1) is 0 Å². The first-order valence-corrected chi connectivity index (χ1v) is 6.94. The van der Waals surface area contributed by atoms with Crippen LogP contribution in [-0.4, -0.2) is 21.9 Å². The lowest BCUT2D eigenvalue weighted by Crippen LogP contribution is -2.39. The zero-order valence-electron chi connectivity index (χ0n) is 12.5. The van der Waals surface area contributed by atoms with Gasteiger partial charge in [-0.1, -0.05) is 13.8 Å². The number of nitrogens with two attached hydrogens (primary N) is 1. The molecule has 0 aliphatic carbocycles. The summed E-state index contributed by atoms with van der Waals surface area (Å²) in [7, 11) is 0. The van der Waals surface area contributed by atoms with Gasteiger partial charge in [0.25, 0.3) is 0 Å². The molecular weight excluding hydrogens is 264 g/mol. The molecule has 0 bridgehead atoms. The maximum absolute atomic E-state index is 11.9. The Hall–Kier alpha value is -2.27. The van der Waals surface area contributed by atoms with Gasteiger partial charge < -0.3 is 11.1 Å². The van der Waals surface area contributed by atoms with Gasteiger partial charge in [-0.3, -0.25) is 4.79 Å². The lowest BCUT2D eigenvalue weighted by molar-refractivity contribution is -0.118. The maximum atomic E-state index is 11.9. The molecule has 0 aliphatic rings. The minimum atomic E-state index is -0.509. The van der Waals surface area contributed by atoms with E-state index in [2.05, 4.69) is 15.3 Å². The van der Waals surface area contributed by atoms with Crippen LogP contribution in [0.3, 0.4) is 0 Å². The first-order valence-electron chi connectivity index (χ1n) is 6.94. The van der Waals surface area contributed by atoms with Crippen molar-refractivity contribution in [2.75, 3.05) is 5.32 Å². The molecule has 1 heterocycles. The number of anilines is 1. The van der Waals surface area contributed by atoms with Gasteiger partial charge in [0.2, 0.25) is 5.91 Å². The lowest BCUT2D eigenvalue weighted by atomic mass is 10.0. The van der Waals surface area contributed by atoms with Gasteiger partial charge in [0.15, 0.2) is 5.82 Å². The van der Waals surface area contributed by atoms with Crippen molar-refractivity contribution in [3.8, 4) is 11.4 Å². The van der Waals surface area contributed by atoms with Crippen molar-refractivity contribution in [3.05, 3.63) is 42.2 Å². The average molecular weight is 284 g/mol. The number of rotatable bonds is 4. The molecule has 5 nitrogen and oxygen atoms in total. The molecule has 0 radical (unpaired) electrons. The average Bonchev–Trinajstić information content (AvgIpc) is 2.47. The zero-order chi connectivity index (χ0) is 15.4. The third-order valence-electron chi connectivity index (χ3n) is 3.23. The summed E-state index contributed by atoms with van der Waals surface area (Å²) in [5, 5.41) is 2.81. The van der Waals surface area contributed by atoms with E-state index in [0.717, 1.165) is 11.3 Å². The minimum absolute atomic E-state index is 0.102. The van der Waals surface area contributed by atoms with Gasteiger partial charge in [0, 0.05) is 23.1 Å². The summed E-state index contributed by atoms with van der Waals surface area (Å²) in [6.45, 7) is 5.76. The Morgan fingerprint density at radius 3 is 2.43 bits per heavy atom. The fraction of sp³-hybridized carbons (Fsp3) is 0.312. The molecule has 2 aromatic rings. The number of benzene rings is 1. The van der Waals surface area contributed by atoms with E-state index in [1.54, 1.807) is 6.20 Å². The van der Waals surface area contributed by atoms with Crippen LogP contribution < -0.4 is 11.1 Å². The number of carbonyl (C=O) groups is 1. The number of hydrogen-bond acceptors (Lipinski definition) is 4. The molecule has 0 unspecified atom stereocenters. The summed E-state index contributed by atoms with van der Waals surface area (Å²) in [5.41, 5.74) is 8.35. The van der Waals surface area contributed by atoms with Crippen LogP contribution in [0.1, 0.15) is 19.5 Å². The van der Waals surface area contributed by atoms with Crippen LogP contribution in [0, 0.1) is 12.8 Å². The van der Waals surface area contributed by atoms with E-state index in [1.165, 1.54) is 0 Å². The van der Waals surface area contributed by atoms with Crippen molar-refractivity contribution in [2.45, 2.75) is 26.8 Å². The van der Waals surface area contributed by atoms with E-state index in [1.807, 2.05) is 51.1 Å². The molecule has 1 aromatic carbocycles. The molecule has 0 aliphatic heterocycles. The van der Waals surface area contributed by atoms with Crippen LogP contribution in [0.15, 0.2) is 36.5 Å².